The van der Waals surface area contributed by atoms with E-state index >= 15 is 0 Å². The molecule has 1 fully saturated rings. The fourth-order valence-electron chi connectivity index (χ4n) is 3.21. The largest absolute Gasteiger partial charge is 0.351 e. The van der Waals surface area contributed by atoms with Gasteiger partial charge < -0.3 is 11.1 Å². The highest BCUT2D eigenvalue weighted by molar-refractivity contribution is 5.87. The number of amides is 1. The molecule has 1 aromatic rings. The van der Waals surface area contributed by atoms with Crippen LogP contribution in [0.5, 0.6) is 0 Å². The van der Waals surface area contributed by atoms with Crippen LogP contribution in [0, 0.1) is 11.8 Å². The lowest BCUT2D eigenvalue weighted by Crippen LogP contribution is -2.52. The number of hydrogen-bond acceptors (Lipinski definition) is 2. The Morgan fingerprint density at radius 2 is 1.95 bits per heavy atom. The predicted molar refractivity (Wildman–Crippen MR) is 86.7 cm³/mol. The summed E-state index contributed by atoms with van der Waals surface area (Å²) in [6, 6.07) is 9.87. The third kappa shape index (κ3) is 3.85. The van der Waals surface area contributed by atoms with Crippen molar-refractivity contribution in [3.63, 3.8) is 0 Å². The van der Waals surface area contributed by atoms with Gasteiger partial charge in [-0.2, -0.15) is 0 Å². The number of carbonyl (C=O) groups excluding carboxylic acids is 1. The van der Waals surface area contributed by atoms with Gasteiger partial charge >= 0.3 is 0 Å². The highest BCUT2D eigenvalue weighted by atomic mass is 16.2. The Hall–Kier alpha value is -1.35. The molecule has 3 nitrogen and oxygen atoms in total. The molecule has 0 bridgehead atoms. The Morgan fingerprint density at radius 3 is 2.57 bits per heavy atom. The zero-order chi connectivity index (χ0) is 15.5. The standard InChI is InChI=1S/C18H28N2O/c1-13(2)14-8-7-11-16(12-14)20-17(21)18(3,19)15-9-5-4-6-10-15/h4-6,9-10,13-14,16H,7-8,11-12,19H2,1-3H3,(H,20,21). The molecule has 1 saturated carbocycles. The molecule has 21 heavy (non-hydrogen) atoms. The second kappa shape index (κ2) is 6.61. The fourth-order valence-corrected chi connectivity index (χ4v) is 3.21. The first kappa shape index (κ1) is 16.0. The van der Waals surface area contributed by atoms with E-state index in [9.17, 15) is 4.79 Å². The quantitative estimate of drug-likeness (QED) is 0.894. The van der Waals surface area contributed by atoms with Crippen LogP contribution in [0.3, 0.4) is 0 Å². The summed E-state index contributed by atoms with van der Waals surface area (Å²) in [6.45, 7) is 6.33. The van der Waals surface area contributed by atoms with E-state index in [4.69, 9.17) is 5.73 Å². The van der Waals surface area contributed by atoms with Crippen LogP contribution in [0.25, 0.3) is 0 Å². The summed E-state index contributed by atoms with van der Waals surface area (Å²) in [6.07, 6.45) is 4.62. The van der Waals surface area contributed by atoms with Gasteiger partial charge in [-0.3, -0.25) is 4.79 Å². The van der Waals surface area contributed by atoms with Crippen LogP contribution in [0.1, 0.15) is 52.0 Å². The molecule has 1 aliphatic rings. The maximum absolute atomic E-state index is 12.6. The molecular weight excluding hydrogens is 260 g/mol. The minimum Gasteiger partial charge on any atom is -0.351 e. The van der Waals surface area contributed by atoms with Gasteiger partial charge in [-0.1, -0.05) is 57.0 Å². The van der Waals surface area contributed by atoms with E-state index in [1.165, 1.54) is 12.8 Å². The van der Waals surface area contributed by atoms with E-state index in [0.29, 0.717) is 11.8 Å². The van der Waals surface area contributed by atoms with E-state index in [1.807, 2.05) is 30.3 Å². The maximum Gasteiger partial charge on any atom is 0.244 e. The second-order valence-electron chi connectivity index (χ2n) is 6.91. The molecule has 3 N–H and O–H groups in total. The number of nitrogens with two attached hydrogens (primary N) is 1. The summed E-state index contributed by atoms with van der Waals surface area (Å²) in [5, 5.41) is 3.18. The van der Waals surface area contributed by atoms with Crippen LogP contribution in [-0.2, 0) is 10.3 Å². The molecule has 1 amide bonds. The molecule has 3 unspecified atom stereocenters. The molecule has 1 aromatic carbocycles. The van der Waals surface area contributed by atoms with Gasteiger partial charge in [0, 0.05) is 6.04 Å². The first-order valence-corrected chi connectivity index (χ1v) is 8.06. The third-order valence-corrected chi connectivity index (χ3v) is 4.84. The molecule has 0 saturated heterocycles. The summed E-state index contributed by atoms with van der Waals surface area (Å²) < 4.78 is 0. The number of carbonyl (C=O) groups is 1. The molecule has 116 valence electrons. The Balaban J connectivity index is 2.00. The van der Waals surface area contributed by atoms with Gasteiger partial charge in [0.05, 0.1) is 0 Å². The van der Waals surface area contributed by atoms with Crippen molar-refractivity contribution in [3.8, 4) is 0 Å². The minimum absolute atomic E-state index is 0.0666. The van der Waals surface area contributed by atoms with Crippen molar-refractivity contribution in [2.24, 2.45) is 17.6 Å². The van der Waals surface area contributed by atoms with Gasteiger partial charge in [0.25, 0.3) is 0 Å². The average molecular weight is 288 g/mol. The number of hydrogen-bond donors (Lipinski definition) is 2. The van der Waals surface area contributed by atoms with Crippen LogP contribution in [-0.4, -0.2) is 11.9 Å². The topological polar surface area (TPSA) is 55.1 Å². The molecule has 0 aliphatic heterocycles. The smallest absolute Gasteiger partial charge is 0.244 e. The summed E-state index contributed by atoms with van der Waals surface area (Å²) in [7, 11) is 0. The summed E-state index contributed by atoms with van der Waals surface area (Å²) >= 11 is 0. The molecule has 2 rings (SSSR count). The SMILES string of the molecule is CC(C)C1CCCC(NC(=O)C(C)(N)c2ccccc2)C1. The Morgan fingerprint density at radius 1 is 1.29 bits per heavy atom. The molecule has 1 aliphatic carbocycles. The monoisotopic (exact) mass is 288 g/mol. The van der Waals surface area contributed by atoms with Crippen LogP contribution in [0.2, 0.25) is 0 Å². The van der Waals surface area contributed by atoms with Crippen molar-refractivity contribution >= 4 is 5.91 Å². The number of benzene rings is 1. The lowest BCUT2D eigenvalue weighted by Gasteiger charge is -2.34. The summed E-state index contributed by atoms with van der Waals surface area (Å²) in [5.41, 5.74) is 6.17. The molecule has 3 heteroatoms. The van der Waals surface area contributed by atoms with E-state index in [0.717, 1.165) is 18.4 Å². The van der Waals surface area contributed by atoms with Gasteiger partial charge in [0.2, 0.25) is 5.91 Å². The number of nitrogens with one attached hydrogen (secondary N) is 1. The van der Waals surface area contributed by atoms with Crippen molar-refractivity contribution < 1.29 is 4.79 Å². The lowest BCUT2D eigenvalue weighted by atomic mass is 9.79. The van der Waals surface area contributed by atoms with E-state index in [2.05, 4.69) is 19.2 Å². The predicted octanol–water partition coefficient (Wildman–Crippen LogP) is 3.19. The van der Waals surface area contributed by atoms with Crippen LogP contribution >= 0.6 is 0 Å². The third-order valence-electron chi connectivity index (χ3n) is 4.84. The van der Waals surface area contributed by atoms with Gasteiger partial charge in [-0.25, -0.2) is 0 Å². The minimum atomic E-state index is -0.966. The first-order valence-electron chi connectivity index (χ1n) is 8.06. The molecule has 3 atom stereocenters. The highest BCUT2D eigenvalue weighted by Gasteiger charge is 2.33. The van der Waals surface area contributed by atoms with E-state index in [1.54, 1.807) is 6.92 Å². The molecular formula is C18H28N2O. The number of rotatable bonds is 4. The van der Waals surface area contributed by atoms with Crippen molar-refractivity contribution in [1.82, 2.24) is 5.32 Å². The summed E-state index contributed by atoms with van der Waals surface area (Å²) in [5.74, 6) is 1.33. The van der Waals surface area contributed by atoms with Crippen LogP contribution in [0.4, 0.5) is 0 Å². The van der Waals surface area contributed by atoms with Gasteiger partial charge in [-0.15, -0.1) is 0 Å². The maximum atomic E-state index is 12.6. The molecule has 0 heterocycles. The normalized spacial score (nSPS) is 25.4. The van der Waals surface area contributed by atoms with Crippen molar-refractivity contribution in [1.29, 1.82) is 0 Å². The zero-order valence-corrected chi connectivity index (χ0v) is 13.4. The molecule has 0 spiro atoms. The fraction of sp³-hybridized carbons (Fsp3) is 0.611. The van der Waals surface area contributed by atoms with Gasteiger partial charge in [-0.05, 0) is 37.2 Å². The Labute approximate surface area is 128 Å². The van der Waals surface area contributed by atoms with E-state index in [-0.39, 0.29) is 11.9 Å². The lowest BCUT2D eigenvalue weighted by molar-refractivity contribution is -0.127. The molecule has 0 aromatic heterocycles. The van der Waals surface area contributed by atoms with Crippen LogP contribution < -0.4 is 11.1 Å². The molecule has 0 radical (unpaired) electrons. The first-order chi connectivity index (χ1) is 9.91. The van der Waals surface area contributed by atoms with E-state index < -0.39 is 5.54 Å². The van der Waals surface area contributed by atoms with Crippen molar-refractivity contribution in [2.45, 2.75) is 58.0 Å². The zero-order valence-electron chi connectivity index (χ0n) is 13.4. The Bertz CT molecular complexity index is 467. The van der Waals surface area contributed by atoms with Gasteiger partial charge in [0.15, 0.2) is 0 Å². The van der Waals surface area contributed by atoms with Crippen molar-refractivity contribution in [2.75, 3.05) is 0 Å². The van der Waals surface area contributed by atoms with Crippen molar-refractivity contribution in [3.05, 3.63) is 35.9 Å². The summed E-state index contributed by atoms with van der Waals surface area (Å²) in [4.78, 5) is 12.6. The Kier molecular flexibility index (Phi) is 5.04. The van der Waals surface area contributed by atoms with Gasteiger partial charge in [0.1, 0.15) is 5.54 Å². The van der Waals surface area contributed by atoms with Crippen LogP contribution in [0.15, 0.2) is 30.3 Å². The average Bonchev–Trinajstić information content (AvgIpc) is 2.48. The highest BCUT2D eigenvalue weighted by Crippen LogP contribution is 2.30. The second-order valence-corrected chi connectivity index (χ2v) is 6.91.